The molecule has 3 aromatic heterocycles. The van der Waals surface area contributed by atoms with Gasteiger partial charge in [-0.1, -0.05) is 30.3 Å². The van der Waals surface area contributed by atoms with Crippen LogP contribution in [0, 0.1) is 23.5 Å². The Labute approximate surface area is 186 Å². The molecule has 10 heteroatoms. The number of hydrogen-bond donors (Lipinski definition) is 0. The van der Waals surface area contributed by atoms with Crippen LogP contribution in [0.3, 0.4) is 0 Å². The van der Waals surface area contributed by atoms with Crippen molar-refractivity contribution in [2.24, 2.45) is 11.8 Å². The molecule has 0 bridgehead atoms. The second-order valence-electron chi connectivity index (χ2n) is 7.73. The lowest BCUT2D eigenvalue weighted by atomic mass is 9.88. The molecule has 33 heavy (non-hydrogen) atoms. The van der Waals surface area contributed by atoms with Gasteiger partial charge in [0.05, 0.1) is 5.70 Å². The molecule has 0 fully saturated rings. The van der Waals surface area contributed by atoms with E-state index < -0.39 is 17.5 Å². The Morgan fingerprint density at radius 1 is 0.970 bits per heavy atom. The highest BCUT2D eigenvalue weighted by molar-refractivity contribution is 5.78. The Hall–Kier alpha value is -4.08. The number of halogens is 3. The van der Waals surface area contributed by atoms with E-state index in [1.54, 1.807) is 30.6 Å². The van der Waals surface area contributed by atoms with Gasteiger partial charge in [-0.3, -0.25) is 4.98 Å². The lowest BCUT2D eigenvalue weighted by Gasteiger charge is -2.25. The fourth-order valence-corrected chi connectivity index (χ4v) is 3.68. The van der Waals surface area contributed by atoms with Gasteiger partial charge < -0.3 is 4.52 Å². The summed E-state index contributed by atoms with van der Waals surface area (Å²) in [4.78, 5) is 8.33. The van der Waals surface area contributed by atoms with Gasteiger partial charge in [0.15, 0.2) is 17.3 Å². The van der Waals surface area contributed by atoms with Gasteiger partial charge in [0.2, 0.25) is 5.82 Å². The minimum absolute atomic E-state index is 0.000793. The smallest absolute Gasteiger partial charge is 0.281 e. The van der Waals surface area contributed by atoms with Crippen molar-refractivity contribution in [2.45, 2.75) is 13.8 Å². The number of aromatic nitrogens is 6. The van der Waals surface area contributed by atoms with E-state index in [2.05, 4.69) is 25.4 Å². The summed E-state index contributed by atoms with van der Waals surface area (Å²) < 4.78 is 48.7. The van der Waals surface area contributed by atoms with E-state index in [9.17, 15) is 13.2 Å². The molecule has 0 aliphatic heterocycles. The molecular weight excluding hydrogens is 433 g/mol. The lowest BCUT2D eigenvalue weighted by molar-refractivity contribution is 0.431. The van der Waals surface area contributed by atoms with Crippen molar-refractivity contribution in [3.8, 4) is 34.2 Å². The van der Waals surface area contributed by atoms with E-state index >= 15 is 0 Å². The Morgan fingerprint density at radius 3 is 2.52 bits per heavy atom. The number of hydrogen-bond acceptors (Lipinski definition) is 6. The average Bonchev–Trinajstić information content (AvgIpc) is 3.47. The van der Waals surface area contributed by atoms with E-state index in [4.69, 9.17) is 4.52 Å². The first-order valence-electron chi connectivity index (χ1n) is 10.2. The Kier molecular flexibility index (Phi) is 5.12. The van der Waals surface area contributed by atoms with Crippen molar-refractivity contribution in [1.82, 2.24) is 30.1 Å². The maximum atomic E-state index is 14.9. The highest BCUT2D eigenvalue weighted by Crippen LogP contribution is 2.38. The first-order valence-corrected chi connectivity index (χ1v) is 10.2. The van der Waals surface area contributed by atoms with Gasteiger partial charge >= 0.3 is 0 Å². The monoisotopic (exact) mass is 450 g/mol. The zero-order chi connectivity index (χ0) is 23.1. The lowest BCUT2D eigenvalue weighted by Crippen LogP contribution is -2.18. The first-order chi connectivity index (χ1) is 15.9. The van der Waals surface area contributed by atoms with Crippen LogP contribution in [-0.4, -0.2) is 30.1 Å². The van der Waals surface area contributed by atoms with Gasteiger partial charge in [0.1, 0.15) is 11.5 Å². The van der Waals surface area contributed by atoms with E-state index in [1.165, 1.54) is 16.8 Å². The largest absolute Gasteiger partial charge is 0.332 e. The molecule has 1 aliphatic rings. The van der Waals surface area contributed by atoms with Crippen molar-refractivity contribution >= 4 is 5.70 Å². The van der Waals surface area contributed by atoms with E-state index in [1.807, 2.05) is 13.8 Å². The van der Waals surface area contributed by atoms with E-state index in [0.29, 0.717) is 17.0 Å². The van der Waals surface area contributed by atoms with Gasteiger partial charge in [0, 0.05) is 29.4 Å². The predicted molar refractivity (Wildman–Crippen MR) is 114 cm³/mol. The van der Waals surface area contributed by atoms with Crippen LogP contribution in [-0.2, 0) is 0 Å². The molecule has 166 valence electrons. The van der Waals surface area contributed by atoms with Gasteiger partial charge in [-0.15, -0.1) is 5.10 Å². The van der Waals surface area contributed by atoms with Crippen molar-refractivity contribution < 1.29 is 17.7 Å². The second-order valence-corrected chi connectivity index (χ2v) is 7.73. The molecule has 7 nitrogen and oxygen atoms in total. The van der Waals surface area contributed by atoms with Crippen LogP contribution < -0.4 is 0 Å². The summed E-state index contributed by atoms with van der Waals surface area (Å²) in [6, 6.07) is 6.76. The minimum atomic E-state index is -1.03. The average molecular weight is 450 g/mol. The maximum Gasteiger partial charge on any atom is 0.281 e. The third kappa shape index (κ3) is 3.63. The van der Waals surface area contributed by atoms with E-state index in [-0.39, 0.29) is 34.8 Å². The fourth-order valence-electron chi connectivity index (χ4n) is 3.68. The summed E-state index contributed by atoms with van der Waals surface area (Å²) in [5.74, 6) is -2.47. The Bertz CT molecular complexity index is 1390. The molecule has 2 atom stereocenters. The number of benzene rings is 1. The highest BCUT2D eigenvalue weighted by atomic mass is 19.2. The van der Waals surface area contributed by atoms with Crippen molar-refractivity contribution in [3.63, 3.8) is 0 Å². The molecule has 1 aromatic carbocycles. The second kappa shape index (κ2) is 8.12. The van der Waals surface area contributed by atoms with E-state index in [0.717, 1.165) is 12.1 Å². The Balaban J connectivity index is 1.66. The van der Waals surface area contributed by atoms with Crippen LogP contribution in [0.4, 0.5) is 13.2 Å². The molecule has 0 spiro atoms. The predicted octanol–water partition coefficient (Wildman–Crippen LogP) is 5.32. The topological polar surface area (TPSA) is 82.5 Å². The van der Waals surface area contributed by atoms with Crippen LogP contribution in [0.25, 0.3) is 39.9 Å². The summed E-state index contributed by atoms with van der Waals surface area (Å²) >= 11 is 0. The number of rotatable bonds is 4. The van der Waals surface area contributed by atoms with Crippen LogP contribution in [0.2, 0.25) is 0 Å². The molecule has 0 N–H and O–H groups in total. The number of nitrogens with zero attached hydrogens (tertiary/aromatic N) is 6. The van der Waals surface area contributed by atoms with Crippen LogP contribution in [0.5, 0.6) is 0 Å². The number of pyridine rings is 1. The normalized spacial score (nSPS) is 18.2. The van der Waals surface area contributed by atoms with Gasteiger partial charge in [-0.05, 0) is 42.3 Å². The van der Waals surface area contributed by atoms with Crippen molar-refractivity contribution in [3.05, 3.63) is 72.3 Å². The molecule has 0 amide bonds. The minimum Gasteiger partial charge on any atom is -0.332 e. The summed E-state index contributed by atoms with van der Waals surface area (Å²) in [7, 11) is 0. The van der Waals surface area contributed by atoms with Crippen LogP contribution in [0.15, 0.2) is 65.2 Å². The van der Waals surface area contributed by atoms with Gasteiger partial charge in [-0.25, -0.2) is 17.9 Å². The first kappa shape index (κ1) is 20.8. The molecular formula is C23H17F3N6O. The molecule has 0 radical (unpaired) electrons. The van der Waals surface area contributed by atoms with Crippen molar-refractivity contribution in [2.75, 3.05) is 0 Å². The SMILES string of the molecule is CC1C=CC(F)=C(n2nnc(-c3nc(-c4ccc(F)c(F)c4)no3)c2-c2ccncc2)C1C. The molecule has 1 aliphatic carbocycles. The summed E-state index contributed by atoms with van der Waals surface area (Å²) in [6.07, 6.45) is 6.41. The molecule has 5 rings (SSSR count). The zero-order valence-corrected chi connectivity index (χ0v) is 17.6. The van der Waals surface area contributed by atoms with Gasteiger partial charge in [-0.2, -0.15) is 4.98 Å². The zero-order valence-electron chi connectivity index (χ0n) is 17.6. The summed E-state index contributed by atoms with van der Waals surface area (Å²) in [6.45, 7) is 3.90. The molecule has 3 heterocycles. The van der Waals surface area contributed by atoms with Crippen molar-refractivity contribution in [1.29, 1.82) is 0 Å². The maximum absolute atomic E-state index is 14.9. The van der Waals surface area contributed by atoms with Gasteiger partial charge in [0.25, 0.3) is 5.89 Å². The Morgan fingerprint density at radius 2 is 1.76 bits per heavy atom. The molecule has 0 saturated heterocycles. The van der Waals surface area contributed by atoms with Crippen LogP contribution in [0.1, 0.15) is 13.8 Å². The summed E-state index contributed by atoms with van der Waals surface area (Å²) in [5.41, 5.74) is 1.91. The molecule has 4 aromatic rings. The number of allylic oxidation sites excluding steroid dienone is 4. The molecule has 0 saturated carbocycles. The standard InChI is InChI=1S/C23H17F3N6O/c1-12-3-5-17(25)20(13(12)2)32-21(14-7-9-27-10-8-14)19(29-31-32)23-28-22(30-33-23)15-4-6-16(24)18(26)11-15/h3-13H,1-2H3. The fraction of sp³-hybridized carbons (Fsp3) is 0.174. The quantitative estimate of drug-likeness (QED) is 0.419. The molecule has 2 unspecified atom stereocenters. The highest BCUT2D eigenvalue weighted by Gasteiger charge is 2.30. The van der Waals surface area contributed by atoms with Crippen LogP contribution >= 0.6 is 0 Å². The third-order valence-electron chi connectivity index (χ3n) is 5.67. The third-order valence-corrected chi connectivity index (χ3v) is 5.67. The summed E-state index contributed by atoms with van der Waals surface area (Å²) in [5, 5.41) is 12.3.